The highest BCUT2D eigenvalue weighted by Gasteiger charge is 2.45. The van der Waals surface area contributed by atoms with Crippen LogP contribution in [0.15, 0.2) is 35.1 Å². The van der Waals surface area contributed by atoms with Crippen molar-refractivity contribution in [3.63, 3.8) is 0 Å². The molecule has 3 aromatic rings. The van der Waals surface area contributed by atoms with E-state index in [0.29, 0.717) is 23.4 Å². The second-order valence-electron chi connectivity index (χ2n) is 9.61. The van der Waals surface area contributed by atoms with E-state index in [-0.39, 0.29) is 18.6 Å². The average molecular weight is 449 g/mol. The number of nitrogens with zero attached hydrogens (tertiary/aromatic N) is 2. The van der Waals surface area contributed by atoms with Gasteiger partial charge in [-0.25, -0.2) is 9.78 Å². The van der Waals surface area contributed by atoms with Gasteiger partial charge in [-0.2, -0.15) is 0 Å². The number of aromatic nitrogens is 2. The van der Waals surface area contributed by atoms with Crippen LogP contribution in [0, 0.1) is 0 Å². The quantitative estimate of drug-likeness (QED) is 0.382. The number of para-hydroxylation sites is 1. The summed E-state index contributed by atoms with van der Waals surface area (Å²) in [5.41, 5.74) is 2.10. The van der Waals surface area contributed by atoms with Crippen molar-refractivity contribution < 1.29 is 14.6 Å². The van der Waals surface area contributed by atoms with Crippen molar-refractivity contribution in [2.75, 3.05) is 0 Å². The normalized spacial score (nSPS) is 19.5. The Balaban J connectivity index is 1.77. The molecule has 4 heterocycles. The summed E-state index contributed by atoms with van der Waals surface area (Å²) >= 11 is 0. The van der Waals surface area contributed by atoms with E-state index in [1.807, 2.05) is 0 Å². The molecule has 166 valence electrons. The zero-order valence-electron chi connectivity index (χ0n) is 19.0. The zero-order valence-corrected chi connectivity index (χ0v) is 20.0. The van der Waals surface area contributed by atoms with Crippen LogP contribution in [0.25, 0.3) is 22.3 Å². The van der Waals surface area contributed by atoms with Gasteiger partial charge in [-0.1, -0.05) is 57.6 Å². The molecule has 2 aliphatic heterocycles. The van der Waals surface area contributed by atoms with Gasteiger partial charge in [0.2, 0.25) is 0 Å². The fraction of sp³-hybridized carbons (Fsp3) is 0.400. The Hall–Kier alpha value is -2.77. The van der Waals surface area contributed by atoms with Gasteiger partial charge in [-0.15, -0.1) is 0 Å². The summed E-state index contributed by atoms with van der Waals surface area (Å²) < 4.78 is 6.85. The van der Waals surface area contributed by atoms with Gasteiger partial charge in [0.25, 0.3) is 5.56 Å². The van der Waals surface area contributed by atoms with E-state index in [1.54, 1.807) is 17.6 Å². The molecule has 5 rings (SSSR count). The van der Waals surface area contributed by atoms with Crippen molar-refractivity contribution in [2.24, 2.45) is 0 Å². The first kappa shape index (κ1) is 21.1. The minimum Gasteiger partial charge on any atom is -0.458 e. The lowest BCUT2D eigenvalue weighted by Gasteiger charge is -2.31. The maximum absolute atomic E-state index is 13.3. The maximum atomic E-state index is 13.3. The summed E-state index contributed by atoms with van der Waals surface area (Å²) in [6.45, 7) is 9.01. The lowest BCUT2D eigenvalue weighted by Crippen LogP contribution is -2.44. The molecule has 0 aliphatic carbocycles. The molecular formula is C25H28N2O4Si. The number of benzene rings is 1. The van der Waals surface area contributed by atoms with E-state index in [9.17, 15) is 14.7 Å². The summed E-state index contributed by atoms with van der Waals surface area (Å²) in [5.74, 6) is -0.698. The number of carbonyl (C=O) groups is 1. The molecule has 0 unspecified atom stereocenters. The monoisotopic (exact) mass is 448 g/mol. The molecule has 0 bridgehead atoms. The molecule has 0 fully saturated rings. The average Bonchev–Trinajstić information content (AvgIpc) is 3.12. The van der Waals surface area contributed by atoms with Crippen molar-refractivity contribution in [2.45, 2.75) is 64.6 Å². The van der Waals surface area contributed by atoms with Crippen LogP contribution in [0.5, 0.6) is 0 Å². The van der Waals surface area contributed by atoms with Crippen LogP contribution in [0.2, 0.25) is 19.1 Å². The first-order valence-electron chi connectivity index (χ1n) is 11.3. The number of rotatable bonds is 4. The van der Waals surface area contributed by atoms with Crippen LogP contribution >= 0.6 is 0 Å². The zero-order chi connectivity index (χ0) is 22.8. The van der Waals surface area contributed by atoms with Crippen LogP contribution in [-0.2, 0) is 28.3 Å². The lowest BCUT2D eigenvalue weighted by atomic mass is 9.86. The van der Waals surface area contributed by atoms with Gasteiger partial charge in [-0.05, 0) is 23.7 Å². The second-order valence-corrected chi connectivity index (χ2v) is 14.4. The minimum atomic E-state index is -1.80. The molecule has 6 nitrogen and oxygen atoms in total. The Bertz CT molecular complexity index is 1340. The third-order valence-electron chi connectivity index (χ3n) is 7.14. The van der Waals surface area contributed by atoms with E-state index in [4.69, 9.17) is 9.72 Å². The van der Waals surface area contributed by atoms with Crippen molar-refractivity contribution in [1.82, 2.24) is 9.55 Å². The molecule has 1 N–H and O–H groups in total. The van der Waals surface area contributed by atoms with Gasteiger partial charge in [0.05, 0.1) is 37.1 Å². The summed E-state index contributed by atoms with van der Waals surface area (Å²) in [6.07, 6.45) is 1.28. The Kier molecular flexibility index (Phi) is 4.69. The molecule has 0 spiro atoms. The van der Waals surface area contributed by atoms with E-state index in [2.05, 4.69) is 44.3 Å². The summed E-state index contributed by atoms with van der Waals surface area (Å²) in [7, 11) is -1.67. The Labute approximate surface area is 187 Å². The number of carbonyl (C=O) groups excluding carboxylic acids is 1. The van der Waals surface area contributed by atoms with Crippen LogP contribution in [0.4, 0.5) is 0 Å². The van der Waals surface area contributed by atoms with Crippen LogP contribution in [0.3, 0.4) is 0 Å². The topological polar surface area (TPSA) is 81.4 Å². The third-order valence-corrected chi connectivity index (χ3v) is 10.8. The van der Waals surface area contributed by atoms with Gasteiger partial charge >= 0.3 is 5.97 Å². The van der Waals surface area contributed by atoms with Crippen LogP contribution in [-0.4, -0.2) is 28.7 Å². The van der Waals surface area contributed by atoms with E-state index in [0.717, 1.165) is 28.6 Å². The smallest absolute Gasteiger partial charge is 0.343 e. The van der Waals surface area contributed by atoms with E-state index >= 15 is 0 Å². The highest BCUT2D eigenvalue weighted by atomic mass is 28.3. The number of cyclic esters (lactones) is 1. The predicted octanol–water partition coefficient (Wildman–Crippen LogP) is 3.41. The van der Waals surface area contributed by atoms with Gasteiger partial charge < -0.3 is 14.4 Å². The summed E-state index contributed by atoms with van der Waals surface area (Å²) in [6, 6.07) is 11.5. The minimum absolute atomic E-state index is 0.109. The number of esters is 1. The van der Waals surface area contributed by atoms with E-state index in [1.165, 1.54) is 11.2 Å². The third kappa shape index (κ3) is 2.84. The van der Waals surface area contributed by atoms with Gasteiger partial charge in [-0.3, -0.25) is 4.79 Å². The Morgan fingerprint density at radius 3 is 2.72 bits per heavy atom. The molecule has 1 atom stereocenters. The number of hydrogen-bond acceptors (Lipinski definition) is 5. The highest BCUT2D eigenvalue weighted by molar-refractivity contribution is 6.91. The molecule has 7 heteroatoms. The fourth-order valence-corrected chi connectivity index (χ4v) is 8.22. The number of fused-ring (bicyclic) bond motifs is 5. The van der Waals surface area contributed by atoms with Crippen molar-refractivity contribution in [1.29, 1.82) is 0 Å². The molecule has 2 aliphatic rings. The first-order valence-corrected chi connectivity index (χ1v) is 14.5. The van der Waals surface area contributed by atoms with Crippen molar-refractivity contribution in [3.8, 4) is 11.4 Å². The number of hydrogen-bond donors (Lipinski definition) is 1. The number of pyridine rings is 2. The fourth-order valence-electron chi connectivity index (χ4n) is 5.31. The molecule has 0 radical (unpaired) electrons. The Morgan fingerprint density at radius 2 is 2.00 bits per heavy atom. The van der Waals surface area contributed by atoms with Crippen LogP contribution < -0.4 is 10.7 Å². The molecule has 0 amide bonds. The van der Waals surface area contributed by atoms with Crippen molar-refractivity contribution >= 4 is 30.1 Å². The first-order chi connectivity index (χ1) is 15.2. The molecular weight excluding hydrogens is 420 g/mol. The molecule has 1 aromatic carbocycles. The largest absolute Gasteiger partial charge is 0.458 e. The van der Waals surface area contributed by atoms with Crippen LogP contribution in [0.1, 0.15) is 43.4 Å². The number of aliphatic hydroxyl groups is 1. The SMILES string of the molecule is CCC[Si](C)(C)c1cccc2cc3c(nc12)-c1cc2c(c(=O)n1C3)COC(=O)[C@]2(O)CC. The molecule has 0 saturated heterocycles. The van der Waals surface area contributed by atoms with E-state index < -0.39 is 19.6 Å². The predicted molar refractivity (Wildman–Crippen MR) is 127 cm³/mol. The molecule has 2 aromatic heterocycles. The second kappa shape index (κ2) is 7.12. The summed E-state index contributed by atoms with van der Waals surface area (Å²) in [5, 5.41) is 13.5. The molecule has 0 saturated carbocycles. The van der Waals surface area contributed by atoms with Gasteiger partial charge in [0, 0.05) is 16.5 Å². The summed E-state index contributed by atoms with van der Waals surface area (Å²) in [4.78, 5) is 30.8. The molecule has 32 heavy (non-hydrogen) atoms. The van der Waals surface area contributed by atoms with Crippen molar-refractivity contribution in [3.05, 3.63) is 57.4 Å². The standard InChI is InChI=1S/C25H28N2O4Si/c1-5-10-32(3,4)20-9-7-8-15-11-16-13-27-19(21(16)26-22(15)20)12-18-17(23(27)28)14-31-24(29)25(18,30)6-2/h7-9,11-12,30H,5-6,10,13-14H2,1-4H3/t25-/m0/s1. The van der Waals surface area contributed by atoms with Gasteiger partial charge in [0.15, 0.2) is 5.60 Å². The lowest BCUT2D eigenvalue weighted by molar-refractivity contribution is -0.172. The highest BCUT2D eigenvalue weighted by Crippen LogP contribution is 2.38. The Morgan fingerprint density at radius 1 is 1.22 bits per heavy atom. The van der Waals surface area contributed by atoms with Gasteiger partial charge in [0.1, 0.15) is 6.61 Å². The maximum Gasteiger partial charge on any atom is 0.343 e. The number of ether oxygens (including phenoxy) is 1.